The van der Waals surface area contributed by atoms with E-state index < -0.39 is 5.95 Å². The van der Waals surface area contributed by atoms with E-state index in [4.69, 9.17) is 23.2 Å². The lowest BCUT2D eigenvalue weighted by Crippen LogP contribution is -2.39. The van der Waals surface area contributed by atoms with E-state index in [1.807, 2.05) is 0 Å². The molecule has 0 fully saturated rings. The molecule has 1 aliphatic rings. The molecular formula is C14H11Cl2FN4O. The minimum atomic E-state index is -0.503. The van der Waals surface area contributed by atoms with Crippen molar-refractivity contribution in [2.75, 3.05) is 11.9 Å². The van der Waals surface area contributed by atoms with Gasteiger partial charge in [0.2, 0.25) is 5.95 Å². The molecule has 0 saturated heterocycles. The van der Waals surface area contributed by atoms with Gasteiger partial charge in [-0.1, -0.05) is 23.2 Å². The van der Waals surface area contributed by atoms with Crippen LogP contribution in [0, 0.1) is 5.95 Å². The molecule has 0 aromatic carbocycles. The van der Waals surface area contributed by atoms with Crippen molar-refractivity contribution in [1.29, 1.82) is 0 Å². The van der Waals surface area contributed by atoms with Crippen molar-refractivity contribution in [2.24, 2.45) is 0 Å². The molecule has 0 unspecified atom stereocenters. The number of fused-ring (bicyclic) bond motifs is 1. The van der Waals surface area contributed by atoms with Gasteiger partial charge in [-0.05, 0) is 23.6 Å². The zero-order valence-electron chi connectivity index (χ0n) is 11.3. The van der Waals surface area contributed by atoms with Crippen molar-refractivity contribution in [1.82, 2.24) is 14.9 Å². The first-order chi connectivity index (χ1) is 10.5. The number of halogens is 3. The van der Waals surface area contributed by atoms with Crippen LogP contribution in [0.2, 0.25) is 10.0 Å². The topological polar surface area (TPSA) is 58.1 Å². The minimum absolute atomic E-state index is 0.305. The second kappa shape index (κ2) is 6.06. The van der Waals surface area contributed by atoms with E-state index in [2.05, 4.69) is 15.3 Å². The number of hydrogen-bond donors (Lipinski definition) is 1. The number of carbonyl (C=O) groups excluding carboxylic acids is 1. The summed E-state index contributed by atoms with van der Waals surface area (Å²) in [6.07, 6.45) is 3.41. The van der Waals surface area contributed by atoms with E-state index in [1.165, 1.54) is 24.5 Å². The molecule has 0 saturated carbocycles. The van der Waals surface area contributed by atoms with Crippen LogP contribution in [0.5, 0.6) is 0 Å². The lowest BCUT2D eigenvalue weighted by atomic mass is 10.0. The fourth-order valence-corrected chi connectivity index (χ4v) is 2.51. The Morgan fingerprint density at radius 3 is 2.77 bits per heavy atom. The van der Waals surface area contributed by atoms with Crippen LogP contribution in [-0.2, 0) is 13.0 Å². The number of aromatic nitrogens is 2. The number of hydrogen-bond acceptors (Lipinski definition) is 3. The standard InChI is InChI=1S/C14H11Cl2FN4O/c15-10-4-13(19-6-11(10)16)20-14(22)21-2-1-8-3-12(17)18-5-9(8)7-21/h3-6H,1-2,7H2,(H,19,20,22). The van der Waals surface area contributed by atoms with Gasteiger partial charge in [-0.25, -0.2) is 14.8 Å². The molecule has 114 valence electrons. The maximum atomic E-state index is 13.1. The Hall–Kier alpha value is -1.92. The number of carbonyl (C=O) groups is 1. The van der Waals surface area contributed by atoms with E-state index in [0.29, 0.717) is 35.4 Å². The van der Waals surface area contributed by atoms with Crippen molar-refractivity contribution in [3.05, 3.63) is 51.6 Å². The second-order valence-electron chi connectivity index (χ2n) is 4.86. The maximum Gasteiger partial charge on any atom is 0.323 e. The summed E-state index contributed by atoms with van der Waals surface area (Å²) < 4.78 is 13.1. The van der Waals surface area contributed by atoms with Gasteiger partial charge in [0.15, 0.2) is 0 Å². The predicted molar refractivity (Wildman–Crippen MR) is 81.6 cm³/mol. The highest BCUT2D eigenvalue weighted by molar-refractivity contribution is 6.42. The molecule has 0 atom stereocenters. The average Bonchev–Trinajstić information content (AvgIpc) is 2.50. The normalized spacial score (nSPS) is 13.7. The molecule has 0 spiro atoms. The van der Waals surface area contributed by atoms with Gasteiger partial charge in [0.25, 0.3) is 0 Å². The number of anilines is 1. The van der Waals surface area contributed by atoms with Gasteiger partial charge in [0, 0.05) is 31.5 Å². The van der Waals surface area contributed by atoms with Gasteiger partial charge in [0.1, 0.15) is 5.82 Å². The van der Waals surface area contributed by atoms with Gasteiger partial charge in [-0.2, -0.15) is 4.39 Å². The van der Waals surface area contributed by atoms with Gasteiger partial charge < -0.3 is 4.90 Å². The van der Waals surface area contributed by atoms with Crippen molar-refractivity contribution < 1.29 is 9.18 Å². The monoisotopic (exact) mass is 340 g/mol. The van der Waals surface area contributed by atoms with E-state index in [1.54, 1.807) is 4.90 Å². The zero-order valence-corrected chi connectivity index (χ0v) is 12.8. The molecule has 0 aliphatic carbocycles. The molecule has 1 N–H and O–H groups in total. The van der Waals surface area contributed by atoms with Gasteiger partial charge >= 0.3 is 6.03 Å². The highest BCUT2D eigenvalue weighted by atomic mass is 35.5. The molecule has 5 nitrogen and oxygen atoms in total. The molecule has 1 aliphatic heterocycles. The Morgan fingerprint density at radius 2 is 2.00 bits per heavy atom. The number of pyridine rings is 2. The van der Waals surface area contributed by atoms with E-state index >= 15 is 0 Å². The summed E-state index contributed by atoms with van der Waals surface area (Å²) in [4.78, 5) is 21.5. The number of nitrogens with zero attached hydrogens (tertiary/aromatic N) is 3. The minimum Gasteiger partial charge on any atom is -0.320 e. The number of urea groups is 1. The summed E-state index contributed by atoms with van der Waals surface area (Å²) in [5.41, 5.74) is 1.72. The Balaban J connectivity index is 1.71. The number of nitrogens with one attached hydrogen (secondary N) is 1. The molecule has 3 heterocycles. The Kier molecular flexibility index (Phi) is 4.13. The van der Waals surface area contributed by atoms with Crippen molar-refractivity contribution in [3.8, 4) is 0 Å². The summed E-state index contributed by atoms with van der Waals surface area (Å²) in [7, 11) is 0. The van der Waals surface area contributed by atoms with Gasteiger partial charge in [-0.15, -0.1) is 0 Å². The maximum absolute atomic E-state index is 13.1. The largest absolute Gasteiger partial charge is 0.323 e. The van der Waals surface area contributed by atoms with Crippen LogP contribution >= 0.6 is 23.2 Å². The van der Waals surface area contributed by atoms with Crippen LogP contribution in [0.15, 0.2) is 24.5 Å². The zero-order chi connectivity index (χ0) is 15.7. The first-order valence-electron chi connectivity index (χ1n) is 6.53. The Morgan fingerprint density at radius 1 is 1.18 bits per heavy atom. The second-order valence-corrected chi connectivity index (χ2v) is 5.68. The van der Waals surface area contributed by atoms with E-state index in [9.17, 15) is 9.18 Å². The summed E-state index contributed by atoms with van der Waals surface area (Å²) in [5.74, 6) is -0.181. The SMILES string of the molecule is O=C(Nc1cc(Cl)c(Cl)cn1)N1CCc2cc(F)ncc2C1. The Labute approximate surface area is 136 Å². The summed E-state index contributed by atoms with van der Waals surface area (Å²) in [6.45, 7) is 0.860. The van der Waals surface area contributed by atoms with Crippen LogP contribution in [0.3, 0.4) is 0 Å². The first kappa shape index (κ1) is 15.0. The molecule has 2 aromatic rings. The van der Waals surface area contributed by atoms with Crippen LogP contribution in [0.25, 0.3) is 0 Å². The molecular weight excluding hydrogens is 330 g/mol. The van der Waals surface area contributed by atoms with Crippen molar-refractivity contribution in [3.63, 3.8) is 0 Å². The third kappa shape index (κ3) is 3.13. The number of rotatable bonds is 1. The molecule has 2 amide bonds. The smallest absolute Gasteiger partial charge is 0.320 e. The fourth-order valence-electron chi connectivity index (χ4n) is 2.26. The third-order valence-electron chi connectivity index (χ3n) is 3.39. The first-order valence-corrected chi connectivity index (χ1v) is 7.29. The summed E-state index contributed by atoms with van der Waals surface area (Å²) in [5, 5.41) is 3.29. The molecule has 0 bridgehead atoms. The number of amides is 2. The molecule has 22 heavy (non-hydrogen) atoms. The van der Waals surface area contributed by atoms with Crippen LogP contribution < -0.4 is 5.32 Å². The molecule has 3 rings (SSSR count). The van der Waals surface area contributed by atoms with Crippen molar-refractivity contribution in [2.45, 2.75) is 13.0 Å². The third-order valence-corrected chi connectivity index (χ3v) is 4.10. The van der Waals surface area contributed by atoms with E-state index in [-0.39, 0.29) is 6.03 Å². The lowest BCUT2D eigenvalue weighted by molar-refractivity contribution is 0.206. The van der Waals surface area contributed by atoms with Gasteiger partial charge in [-0.3, -0.25) is 5.32 Å². The molecule has 2 aromatic heterocycles. The lowest BCUT2D eigenvalue weighted by Gasteiger charge is -2.28. The average molecular weight is 341 g/mol. The van der Waals surface area contributed by atoms with Gasteiger partial charge in [0.05, 0.1) is 10.0 Å². The van der Waals surface area contributed by atoms with Crippen LogP contribution in [-0.4, -0.2) is 27.4 Å². The highest BCUT2D eigenvalue weighted by Gasteiger charge is 2.21. The van der Waals surface area contributed by atoms with Crippen LogP contribution in [0.4, 0.5) is 15.0 Å². The summed E-state index contributed by atoms with van der Waals surface area (Å²) in [6, 6.07) is 2.59. The summed E-state index contributed by atoms with van der Waals surface area (Å²) >= 11 is 11.7. The van der Waals surface area contributed by atoms with Crippen LogP contribution in [0.1, 0.15) is 11.1 Å². The predicted octanol–water partition coefficient (Wildman–Crippen LogP) is 3.51. The molecule has 8 heteroatoms. The highest BCUT2D eigenvalue weighted by Crippen LogP contribution is 2.24. The quantitative estimate of drug-likeness (QED) is 0.808. The fraction of sp³-hybridized carbons (Fsp3) is 0.214. The molecule has 0 radical (unpaired) electrons. The Bertz CT molecular complexity index is 741. The van der Waals surface area contributed by atoms with Crippen molar-refractivity contribution >= 4 is 35.1 Å². The van der Waals surface area contributed by atoms with E-state index in [0.717, 1.165) is 11.1 Å².